The maximum absolute atomic E-state index is 12.4. The number of anilines is 1. The van der Waals surface area contributed by atoms with Gasteiger partial charge in [0.05, 0.1) is 7.11 Å². The van der Waals surface area contributed by atoms with Gasteiger partial charge in [0, 0.05) is 29.7 Å². The summed E-state index contributed by atoms with van der Waals surface area (Å²) in [6.45, 7) is 0.841. The molecule has 27 heavy (non-hydrogen) atoms. The van der Waals surface area contributed by atoms with Crippen LogP contribution >= 0.6 is 11.6 Å². The molecule has 3 rings (SSSR count). The molecule has 138 valence electrons. The fourth-order valence-electron chi connectivity index (χ4n) is 2.52. The highest BCUT2D eigenvalue weighted by Gasteiger charge is 2.10. The molecule has 2 N–H and O–H groups in total. The van der Waals surface area contributed by atoms with E-state index in [0.717, 1.165) is 16.9 Å². The molecule has 0 aliphatic carbocycles. The van der Waals surface area contributed by atoms with Gasteiger partial charge in [-0.1, -0.05) is 48.0 Å². The lowest BCUT2D eigenvalue weighted by Crippen LogP contribution is -2.24. The Morgan fingerprint density at radius 2 is 1.78 bits per heavy atom. The summed E-state index contributed by atoms with van der Waals surface area (Å²) in [6.07, 6.45) is 1.36. The number of rotatable bonds is 7. The van der Waals surface area contributed by atoms with Crippen LogP contribution in [0.15, 0.2) is 60.9 Å². The molecule has 0 aliphatic heterocycles. The fraction of sp³-hybridized carbons (Fsp3) is 0.150. The first-order valence-corrected chi connectivity index (χ1v) is 8.74. The van der Waals surface area contributed by atoms with E-state index in [1.165, 1.54) is 6.33 Å². The molecule has 1 heterocycles. The van der Waals surface area contributed by atoms with Crippen molar-refractivity contribution in [3.63, 3.8) is 0 Å². The van der Waals surface area contributed by atoms with Crippen LogP contribution in [0, 0.1) is 0 Å². The highest BCUT2D eigenvalue weighted by Crippen LogP contribution is 2.18. The first-order chi connectivity index (χ1) is 13.2. The summed E-state index contributed by atoms with van der Waals surface area (Å²) in [5, 5.41) is 6.61. The van der Waals surface area contributed by atoms with E-state index in [0.29, 0.717) is 23.9 Å². The summed E-state index contributed by atoms with van der Waals surface area (Å²) in [5.74, 6) is 1.05. The number of halogens is 1. The topological polar surface area (TPSA) is 76.1 Å². The van der Waals surface area contributed by atoms with Gasteiger partial charge in [-0.05, 0) is 17.7 Å². The third-order valence-corrected chi connectivity index (χ3v) is 4.32. The van der Waals surface area contributed by atoms with E-state index < -0.39 is 0 Å². The lowest BCUT2D eigenvalue weighted by atomic mass is 10.2. The van der Waals surface area contributed by atoms with Crippen molar-refractivity contribution in [1.29, 1.82) is 0 Å². The highest BCUT2D eigenvalue weighted by atomic mass is 35.5. The van der Waals surface area contributed by atoms with Gasteiger partial charge >= 0.3 is 0 Å². The van der Waals surface area contributed by atoms with Crippen molar-refractivity contribution in [1.82, 2.24) is 15.3 Å². The summed E-state index contributed by atoms with van der Waals surface area (Å²) < 4.78 is 5.33. The smallest absolute Gasteiger partial charge is 0.270 e. The molecule has 1 aromatic heterocycles. The third kappa shape index (κ3) is 4.95. The van der Waals surface area contributed by atoms with Crippen LogP contribution in [0.1, 0.15) is 21.6 Å². The van der Waals surface area contributed by atoms with E-state index in [1.54, 1.807) is 19.2 Å². The molecular weight excluding hydrogens is 364 g/mol. The molecular formula is C20H19ClN4O2. The molecule has 0 fully saturated rings. The summed E-state index contributed by atoms with van der Waals surface area (Å²) in [7, 11) is 1.63. The molecule has 7 heteroatoms. The molecule has 1 amide bonds. The number of ether oxygens (including phenoxy) is 1. The van der Waals surface area contributed by atoms with Crippen LogP contribution in [0.4, 0.5) is 5.82 Å². The molecule has 0 radical (unpaired) electrons. The predicted molar refractivity (Wildman–Crippen MR) is 105 cm³/mol. The largest absolute Gasteiger partial charge is 0.496 e. The second-order valence-corrected chi connectivity index (χ2v) is 6.14. The van der Waals surface area contributed by atoms with E-state index in [-0.39, 0.29) is 11.6 Å². The predicted octanol–water partition coefficient (Wildman–Crippen LogP) is 3.68. The van der Waals surface area contributed by atoms with Gasteiger partial charge in [-0.25, -0.2) is 9.97 Å². The Morgan fingerprint density at radius 3 is 2.56 bits per heavy atom. The summed E-state index contributed by atoms with van der Waals surface area (Å²) >= 11 is 6.11. The molecule has 6 nitrogen and oxygen atoms in total. The Balaban J connectivity index is 1.62. The number of methoxy groups -OCH3 is 1. The first-order valence-electron chi connectivity index (χ1n) is 8.37. The zero-order chi connectivity index (χ0) is 19.1. The Kier molecular flexibility index (Phi) is 6.22. The third-order valence-electron chi connectivity index (χ3n) is 3.95. The fourth-order valence-corrected chi connectivity index (χ4v) is 2.72. The van der Waals surface area contributed by atoms with Gasteiger partial charge in [-0.2, -0.15) is 0 Å². The van der Waals surface area contributed by atoms with E-state index >= 15 is 0 Å². The van der Waals surface area contributed by atoms with Crippen molar-refractivity contribution in [3.8, 4) is 5.75 Å². The number of carbonyl (C=O) groups excluding carboxylic acids is 1. The summed E-state index contributed by atoms with van der Waals surface area (Å²) in [6, 6.07) is 16.7. The number of benzene rings is 2. The normalized spacial score (nSPS) is 10.3. The van der Waals surface area contributed by atoms with Crippen molar-refractivity contribution in [2.75, 3.05) is 12.4 Å². The minimum absolute atomic E-state index is 0.277. The quantitative estimate of drug-likeness (QED) is 0.651. The van der Waals surface area contributed by atoms with Crippen LogP contribution in [0.5, 0.6) is 5.75 Å². The SMILES string of the molecule is COc1ccccc1CNc1cc(C(=O)NCc2ccccc2Cl)ncn1. The van der Waals surface area contributed by atoms with Crippen LogP contribution in [-0.4, -0.2) is 23.0 Å². The Bertz CT molecular complexity index is 933. The molecule has 0 saturated carbocycles. The van der Waals surface area contributed by atoms with Gasteiger partial charge in [0.25, 0.3) is 5.91 Å². The summed E-state index contributed by atoms with van der Waals surface area (Å²) in [5.41, 5.74) is 2.11. The molecule has 2 aromatic carbocycles. The van der Waals surface area contributed by atoms with Crippen molar-refractivity contribution in [2.45, 2.75) is 13.1 Å². The van der Waals surface area contributed by atoms with Gasteiger partial charge in [0.15, 0.2) is 0 Å². The molecule has 3 aromatic rings. The van der Waals surface area contributed by atoms with Gasteiger partial charge < -0.3 is 15.4 Å². The number of nitrogens with zero attached hydrogens (tertiary/aromatic N) is 2. The molecule has 0 unspecified atom stereocenters. The number of hydrogen-bond acceptors (Lipinski definition) is 5. The number of aromatic nitrogens is 2. The second kappa shape index (κ2) is 9.00. The number of hydrogen-bond donors (Lipinski definition) is 2. The molecule has 0 aliphatic rings. The number of para-hydroxylation sites is 1. The van der Waals surface area contributed by atoms with Crippen LogP contribution in [0.25, 0.3) is 0 Å². The zero-order valence-corrected chi connectivity index (χ0v) is 15.5. The van der Waals surface area contributed by atoms with E-state index in [1.807, 2.05) is 42.5 Å². The number of amides is 1. The van der Waals surface area contributed by atoms with E-state index in [9.17, 15) is 4.79 Å². The minimum atomic E-state index is -0.294. The lowest BCUT2D eigenvalue weighted by Gasteiger charge is -2.10. The van der Waals surface area contributed by atoms with E-state index in [4.69, 9.17) is 16.3 Å². The molecule has 0 bridgehead atoms. The van der Waals surface area contributed by atoms with Gasteiger partial charge in [0.2, 0.25) is 0 Å². The standard InChI is InChI=1S/C20H19ClN4O2/c1-27-18-9-5-3-7-15(18)12-22-19-10-17(24-13-25-19)20(26)23-11-14-6-2-4-8-16(14)21/h2-10,13H,11-12H2,1H3,(H,23,26)(H,22,24,25). The van der Waals surface area contributed by atoms with Crippen molar-refractivity contribution < 1.29 is 9.53 Å². The Morgan fingerprint density at radius 1 is 1.04 bits per heavy atom. The second-order valence-electron chi connectivity index (χ2n) is 5.73. The zero-order valence-electron chi connectivity index (χ0n) is 14.8. The monoisotopic (exact) mass is 382 g/mol. The van der Waals surface area contributed by atoms with Crippen LogP contribution in [0.2, 0.25) is 5.02 Å². The van der Waals surface area contributed by atoms with Gasteiger partial charge in [-0.15, -0.1) is 0 Å². The van der Waals surface area contributed by atoms with Gasteiger partial charge in [-0.3, -0.25) is 4.79 Å². The average molecular weight is 383 g/mol. The highest BCUT2D eigenvalue weighted by molar-refractivity contribution is 6.31. The number of nitrogens with one attached hydrogen (secondary N) is 2. The van der Waals surface area contributed by atoms with Gasteiger partial charge in [0.1, 0.15) is 23.6 Å². The minimum Gasteiger partial charge on any atom is -0.496 e. The van der Waals surface area contributed by atoms with Crippen molar-refractivity contribution >= 4 is 23.3 Å². The average Bonchev–Trinajstić information content (AvgIpc) is 2.72. The maximum Gasteiger partial charge on any atom is 0.270 e. The Hall–Kier alpha value is -3.12. The number of carbonyl (C=O) groups is 1. The van der Waals surface area contributed by atoms with Crippen molar-refractivity contribution in [2.24, 2.45) is 0 Å². The lowest BCUT2D eigenvalue weighted by molar-refractivity contribution is 0.0946. The summed E-state index contributed by atoms with van der Waals surface area (Å²) in [4.78, 5) is 20.6. The molecule has 0 spiro atoms. The molecule has 0 saturated heterocycles. The van der Waals surface area contributed by atoms with Crippen LogP contribution in [-0.2, 0) is 13.1 Å². The first kappa shape index (κ1) is 18.7. The van der Waals surface area contributed by atoms with Crippen LogP contribution < -0.4 is 15.4 Å². The Labute approximate surface area is 162 Å². The molecule has 0 atom stereocenters. The van der Waals surface area contributed by atoms with Crippen LogP contribution in [0.3, 0.4) is 0 Å². The van der Waals surface area contributed by atoms with Crippen molar-refractivity contribution in [3.05, 3.63) is 82.8 Å². The maximum atomic E-state index is 12.4. The van der Waals surface area contributed by atoms with E-state index in [2.05, 4.69) is 20.6 Å².